The normalized spacial score (nSPS) is 13.5. The molecule has 1 N–H and O–H groups in total. The van der Waals surface area contributed by atoms with Gasteiger partial charge in [-0.05, 0) is 64.2 Å². The number of unbranched alkanes of at least 4 members (excludes halogenated alkanes) is 44. The highest BCUT2D eigenvalue weighted by Crippen LogP contribution is 2.43. The van der Waals surface area contributed by atoms with E-state index in [0.717, 1.165) is 70.6 Å². The van der Waals surface area contributed by atoms with Gasteiger partial charge in [-0.25, -0.2) is 4.57 Å². The molecule has 0 fully saturated rings. The number of hydrogen-bond donors (Lipinski definition) is 1. The third-order valence-electron chi connectivity index (χ3n) is 16.8. The van der Waals surface area contributed by atoms with Crippen molar-refractivity contribution in [2.75, 3.05) is 47.5 Å². The van der Waals surface area contributed by atoms with Crippen molar-refractivity contribution in [3.8, 4) is 0 Å². The molecule has 0 rings (SSSR count). The number of nitrogens with zero attached hydrogens (tertiary/aromatic N) is 1. The summed E-state index contributed by atoms with van der Waals surface area (Å²) in [5.41, 5.74) is 0. The Morgan fingerprint density at radius 3 is 0.966 bits per heavy atom. The molecule has 9 nitrogen and oxygen atoms in total. The number of carbonyl (C=O) groups excluding carboxylic acids is 2. The molecular formula is C78H145NO8P+. The number of phosphoric ester groups is 1. The number of likely N-dealkylation sites (N-methyl/N-ethyl adjacent to an activating group) is 1. The van der Waals surface area contributed by atoms with E-state index in [-0.39, 0.29) is 25.6 Å². The summed E-state index contributed by atoms with van der Waals surface area (Å²) in [6.45, 7) is 4.38. The monoisotopic (exact) mass is 1260 g/mol. The van der Waals surface area contributed by atoms with E-state index in [1.54, 1.807) is 0 Å². The molecule has 2 unspecified atom stereocenters. The Hall–Kier alpha value is -2.55. The maximum atomic E-state index is 12.9. The van der Waals surface area contributed by atoms with Crippen LogP contribution in [0.2, 0.25) is 0 Å². The van der Waals surface area contributed by atoms with Crippen LogP contribution >= 0.6 is 7.82 Å². The molecule has 0 bridgehead atoms. The van der Waals surface area contributed by atoms with Crippen LogP contribution in [-0.4, -0.2) is 74.9 Å². The van der Waals surface area contributed by atoms with Crippen LogP contribution < -0.4 is 0 Å². The quantitative estimate of drug-likeness (QED) is 0.0211. The highest BCUT2D eigenvalue weighted by atomic mass is 31.2. The number of rotatable bonds is 70. The molecule has 0 aromatic rings. The Morgan fingerprint density at radius 1 is 0.364 bits per heavy atom. The molecule has 0 aromatic carbocycles. The number of esters is 2. The van der Waals surface area contributed by atoms with Crippen molar-refractivity contribution in [3.63, 3.8) is 0 Å². The first kappa shape index (κ1) is 85.5. The first-order chi connectivity index (χ1) is 43.0. The Balaban J connectivity index is 3.96. The smallest absolute Gasteiger partial charge is 0.462 e. The molecule has 0 amide bonds. The summed E-state index contributed by atoms with van der Waals surface area (Å²) in [5, 5.41) is 0. The maximum Gasteiger partial charge on any atom is 0.472 e. The zero-order valence-corrected chi connectivity index (χ0v) is 59.6. The first-order valence-corrected chi connectivity index (χ1v) is 39.2. The Bertz CT molecular complexity index is 1710. The van der Waals surface area contributed by atoms with E-state index < -0.39 is 26.5 Å². The standard InChI is InChI=1S/C78H144NO8P/c1-6-8-10-12-14-16-18-20-22-24-26-28-30-32-34-35-36-37-38-39-40-41-42-43-45-47-49-51-53-55-57-59-61-63-65-67-69-71-78(81)87-76(75-86-88(82,83)85-73-72-79(3,4)5)74-84-77(80)70-68-66-64-62-60-58-56-54-52-50-48-46-44-33-31-29-27-25-23-21-19-17-15-13-11-9-7-2/h8,10,14,16,20,22,26,28,32,34,36-37,76H,6-7,9,11-13,15,17-19,21,23-25,27,29-31,33,35,38-75H2,1-5H3/p+1/b10-8-,16-14-,22-20-,28-26-,34-32-,37-36-. The van der Waals surface area contributed by atoms with Gasteiger partial charge in [-0.2, -0.15) is 0 Å². The van der Waals surface area contributed by atoms with Gasteiger partial charge in [-0.1, -0.05) is 356 Å². The number of quaternary nitrogens is 1. The van der Waals surface area contributed by atoms with Crippen LogP contribution in [0.1, 0.15) is 361 Å². The molecule has 0 aromatic heterocycles. The van der Waals surface area contributed by atoms with Gasteiger partial charge >= 0.3 is 19.8 Å². The second-order valence-electron chi connectivity index (χ2n) is 26.7. The fraction of sp³-hybridized carbons (Fsp3) is 0.821. The maximum absolute atomic E-state index is 12.9. The third-order valence-corrected chi connectivity index (χ3v) is 17.7. The van der Waals surface area contributed by atoms with Crippen molar-refractivity contribution in [2.24, 2.45) is 0 Å². The SMILES string of the molecule is CC/C=C\C/C=C\C/C=C\C/C=C\C/C=C\C/C=C\CCCCCCCCCCCCCCCCCCCCC(=O)OC(COC(=O)CCCCCCCCCCCCCCCCCCCCCCCCCCCCC)COP(=O)(O)OCC[N+](C)(C)C. The molecule has 10 heteroatoms. The minimum absolute atomic E-state index is 0.0332. The summed E-state index contributed by atoms with van der Waals surface area (Å²) in [5.74, 6) is -0.777. The molecule has 2 atom stereocenters. The van der Waals surface area contributed by atoms with Gasteiger partial charge in [0.15, 0.2) is 6.10 Å². The van der Waals surface area contributed by atoms with Crippen LogP contribution in [0.15, 0.2) is 72.9 Å². The molecule has 0 aliphatic rings. The summed E-state index contributed by atoms with van der Waals surface area (Å²) in [7, 11) is 1.49. The van der Waals surface area contributed by atoms with Crippen molar-refractivity contribution >= 4 is 19.8 Å². The van der Waals surface area contributed by atoms with E-state index in [9.17, 15) is 19.0 Å². The minimum atomic E-state index is -4.39. The third kappa shape index (κ3) is 72.5. The van der Waals surface area contributed by atoms with Crippen molar-refractivity contribution in [2.45, 2.75) is 367 Å². The highest BCUT2D eigenvalue weighted by molar-refractivity contribution is 7.47. The van der Waals surface area contributed by atoms with Crippen molar-refractivity contribution in [1.29, 1.82) is 0 Å². The topological polar surface area (TPSA) is 108 Å². The van der Waals surface area contributed by atoms with E-state index in [1.165, 1.54) is 257 Å². The highest BCUT2D eigenvalue weighted by Gasteiger charge is 2.27. The summed E-state index contributed by atoms with van der Waals surface area (Å²) >= 11 is 0. The van der Waals surface area contributed by atoms with E-state index in [4.69, 9.17) is 18.5 Å². The van der Waals surface area contributed by atoms with Gasteiger partial charge in [-0.3, -0.25) is 18.6 Å². The Kier molecular flexibility index (Phi) is 66.8. The predicted octanol–water partition coefficient (Wildman–Crippen LogP) is 24.7. The van der Waals surface area contributed by atoms with E-state index in [1.807, 2.05) is 21.1 Å². The molecule has 0 radical (unpaired) electrons. The first-order valence-electron chi connectivity index (χ1n) is 37.7. The van der Waals surface area contributed by atoms with Crippen molar-refractivity contribution in [1.82, 2.24) is 0 Å². The number of phosphoric acid groups is 1. The Labute approximate surface area is 546 Å². The van der Waals surface area contributed by atoms with Crippen LogP contribution in [-0.2, 0) is 32.7 Å². The van der Waals surface area contributed by atoms with E-state index in [2.05, 4.69) is 86.8 Å². The fourth-order valence-electron chi connectivity index (χ4n) is 11.0. The Morgan fingerprint density at radius 2 is 0.648 bits per heavy atom. The van der Waals surface area contributed by atoms with Gasteiger partial charge in [-0.15, -0.1) is 0 Å². The van der Waals surface area contributed by atoms with E-state index >= 15 is 0 Å². The van der Waals surface area contributed by atoms with Crippen molar-refractivity contribution in [3.05, 3.63) is 72.9 Å². The van der Waals surface area contributed by atoms with Gasteiger partial charge < -0.3 is 18.9 Å². The molecule has 514 valence electrons. The largest absolute Gasteiger partial charge is 0.472 e. The molecule has 0 aliphatic heterocycles. The number of hydrogen-bond acceptors (Lipinski definition) is 7. The van der Waals surface area contributed by atoms with Crippen molar-refractivity contribution < 1.29 is 42.1 Å². The average Bonchev–Trinajstić information content (AvgIpc) is 3.68. The number of allylic oxidation sites excluding steroid dienone is 12. The zero-order chi connectivity index (χ0) is 64.1. The molecule has 0 saturated carbocycles. The molecule has 0 saturated heterocycles. The van der Waals surface area contributed by atoms with Gasteiger partial charge in [0, 0.05) is 12.8 Å². The molecule has 88 heavy (non-hydrogen) atoms. The summed E-state index contributed by atoms with van der Waals surface area (Å²) in [6, 6.07) is 0. The van der Waals surface area contributed by atoms with Crippen LogP contribution in [0.5, 0.6) is 0 Å². The van der Waals surface area contributed by atoms with Crippen LogP contribution in [0, 0.1) is 0 Å². The lowest BCUT2D eigenvalue weighted by atomic mass is 10.0. The van der Waals surface area contributed by atoms with Crippen LogP contribution in [0.4, 0.5) is 0 Å². The second-order valence-corrected chi connectivity index (χ2v) is 28.1. The van der Waals surface area contributed by atoms with Crippen LogP contribution in [0.25, 0.3) is 0 Å². The van der Waals surface area contributed by atoms with Gasteiger partial charge in [0.05, 0.1) is 27.7 Å². The summed E-state index contributed by atoms with van der Waals surface area (Å²) < 4.78 is 34.8. The van der Waals surface area contributed by atoms with Gasteiger partial charge in [0.25, 0.3) is 0 Å². The average molecular weight is 1260 g/mol. The molecule has 0 spiro atoms. The number of carbonyl (C=O) groups is 2. The molecule has 0 aliphatic carbocycles. The van der Waals surface area contributed by atoms with Crippen LogP contribution in [0.3, 0.4) is 0 Å². The minimum Gasteiger partial charge on any atom is -0.462 e. The molecule has 0 heterocycles. The van der Waals surface area contributed by atoms with Gasteiger partial charge in [0.2, 0.25) is 0 Å². The number of ether oxygens (including phenoxy) is 2. The lowest BCUT2D eigenvalue weighted by molar-refractivity contribution is -0.870. The summed E-state index contributed by atoms with van der Waals surface area (Å²) in [4.78, 5) is 35.9. The molecular weight excluding hydrogens is 1110 g/mol. The summed E-state index contributed by atoms with van der Waals surface area (Å²) in [6.07, 6.45) is 93.1. The van der Waals surface area contributed by atoms with E-state index in [0.29, 0.717) is 23.9 Å². The lowest BCUT2D eigenvalue weighted by Gasteiger charge is -2.24. The predicted molar refractivity (Wildman–Crippen MR) is 381 cm³/mol. The van der Waals surface area contributed by atoms with Gasteiger partial charge in [0.1, 0.15) is 19.8 Å². The fourth-order valence-corrected chi connectivity index (χ4v) is 11.8. The zero-order valence-electron chi connectivity index (χ0n) is 58.7. The lowest BCUT2D eigenvalue weighted by Crippen LogP contribution is -2.37. The second kappa shape index (κ2) is 68.8.